The molecule has 1 unspecified atom stereocenters. The van der Waals surface area contributed by atoms with Gasteiger partial charge >= 0.3 is 5.97 Å². The summed E-state index contributed by atoms with van der Waals surface area (Å²) in [4.78, 5) is 25.8. The fourth-order valence-electron chi connectivity index (χ4n) is 3.32. The molecule has 128 valence electrons. The van der Waals surface area contributed by atoms with Crippen molar-refractivity contribution in [3.05, 3.63) is 53.6 Å². The first-order valence-corrected chi connectivity index (χ1v) is 8.14. The lowest BCUT2D eigenvalue weighted by Crippen LogP contribution is -2.32. The number of carboxylic acid groups (broad SMARTS) is 1. The van der Waals surface area contributed by atoms with Crippen LogP contribution in [0.25, 0.3) is 0 Å². The zero-order valence-corrected chi connectivity index (χ0v) is 13.5. The molecule has 6 nitrogen and oxygen atoms in total. The molecule has 2 aromatic carbocycles. The number of fused-ring (bicyclic) bond motifs is 2. The molecule has 0 aromatic heterocycles. The number of anilines is 1. The highest BCUT2D eigenvalue weighted by molar-refractivity contribution is 5.99. The predicted molar refractivity (Wildman–Crippen MR) is 90.3 cm³/mol. The number of aliphatic carboxylic acids is 1. The lowest BCUT2D eigenvalue weighted by atomic mass is 10.0. The fraction of sp³-hybridized carbons (Fsp3) is 0.263. The number of carbonyl (C=O) groups is 2. The summed E-state index contributed by atoms with van der Waals surface area (Å²) < 4.78 is 11.0. The molecular formula is C19H17NO5. The van der Waals surface area contributed by atoms with E-state index < -0.39 is 11.9 Å². The van der Waals surface area contributed by atoms with Crippen molar-refractivity contribution in [1.29, 1.82) is 0 Å². The second-order valence-electron chi connectivity index (χ2n) is 6.11. The van der Waals surface area contributed by atoms with Gasteiger partial charge in [-0.3, -0.25) is 9.59 Å². The summed E-state index contributed by atoms with van der Waals surface area (Å²) in [5.41, 5.74) is 2.17. The van der Waals surface area contributed by atoms with Gasteiger partial charge in [0, 0.05) is 12.2 Å². The van der Waals surface area contributed by atoms with E-state index in [2.05, 4.69) is 0 Å². The molecular weight excluding hydrogens is 322 g/mol. The van der Waals surface area contributed by atoms with Crippen LogP contribution in [0.3, 0.4) is 0 Å². The molecule has 1 N–H and O–H groups in total. The Kier molecular flexibility index (Phi) is 3.80. The van der Waals surface area contributed by atoms with Crippen LogP contribution in [0.5, 0.6) is 11.5 Å². The van der Waals surface area contributed by atoms with Crippen LogP contribution in [0.1, 0.15) is 17.0 Å². The SMILES string of the molecule is O=C(O)C1CN(C(=O)Cc2ccc3c(c2)OCCO3)c2ccccc21. The number of carboxylic acids is 1. The number of carbonyl (C=O) groups excluding carboxylic acids is 1. The van der Waals surface area contributed by atoms with Crippen molar-refractivity contribution in [2.45, 2.75) is 12.3 Å². The van der Waals surface area contributed by atoms with Crippen molar-refractivity contribution in [3.8, 4) is 11.5 Å². The van der Waals surface area contributed by atoms with Crippen LogP contribution in [-0.4, -0.2) is 36.7 Å². The number of hydrogen-bond acceptors (Lipinski definition) is 4. The van der Waals surface area contributed by atoms with E-state index in [0.29, 0.717) is 36.0 Å². The number of rotatable bonds is 3. The minimum atomic E-state index is -0.915. The zero-order chi connectivity index (χ0) is 17.4. The first-order chi connectivity index (χ1) is 12.1. The Bertz CT molecular complexity index is 847. The molecule has 0 spiro atoms. The van der Waals surface area contributed by atoms with Crippen LogP contribution in [0.4, 0.5) is 5.69 Å². The molecule has 2 aromatic rings. The Hall–Kier alpha value is -3.02. The predicted octanol–water partition coefficient (Wildman–Crippen LogP) is 2.22. The highest BCUT2D eigenvalue weighted by Gasteiger charge is 2.36. The van der Waals surface area contributed by atoms with Gasteiger partial charge in [-0.05, 0) is 29.3 Å². The normalized spacial score (nSPS) is 17.9. The fourth-order valence-corrected chi connectivity index (χ4v) is 3.32. The Morgan fingerprint density at radius 2 is 1.84 bits per heavy atom. The van der Waals surface area contributed by atoms with Crippen LogP contribution in [0.15, 0.2) is 42.5 Å². The maximum atomic E-state index is 12.8. The van der Waals surface area contributed by atoms with Gasteiger partial charge in [0.25, 0.3) is 0 Å². The molecule has 2 heterocycles. The molecule has 2 aliphatic heterocycles. The summed E-state index contributed by atoms with van der Waals surface area (Å²) in [7, 11) is 0. The lowest BCUT2D eigenvalue weighted by Gasteiger charge is -2.20. The molecule has 0 bridgehead atoms. The lowest BCUT2D eigenvalue weighted by molar-refractivity contribution is -0.138. The maximum absolute atomic E-state index is 12.8. The van der Waals surface area contributed by atoms with Crippen molar-refractivity contribution >= 4 is 17.6 Å². The number of nitrogens with zero attached hydrogens (tertiary/aromatic N) is 1. The van der Waals surface area contributed by atoms with E-state index in [1.54, 1.807) is 29.2 Å². The van der Waals surface area contributed by atoms with Gasteiger partial charge in [0.2, 0.25) is 5.91 Å². The average Bonchev–Trinajstić information content (AvgIpc) is 3.02. The smallest absolute Gasteiger partial charge is 0.312 e. The first kappa shape index (κ1) is 15.5. The van der Waals surface area contributed by atoms with Crippen LogP contribution in [0.2, 0.25) is 0 Å². The van der Waals surface area contributed by atoms with Crippen molar-refractivity contribution in [2.75, 3.05) is 24.7 Å². The summed E-state index contributed by atoms with van der Waals surface area (Å²) in [5.74, 6) is -0.405. The van der Waals surface area contributed by atoms with Gasteiger partial charge in [-0.25, -0.2) is 0 Å². The van der Waals surface area contributed by atoms with E-state index in [0.717, 1.165) is 5.56 Å². The van der Waals surface area contributed by atoms with Crippen molar-refractivity contribution < 1.29 is 24.2 Å². The average molecular weight is 339 g/mol. The number of hydrogen-bond donors (Lipinski definition) is 1. The molecule has 6 heteroatoms. The van der Waals surface area contributed by atoms with Gasteiger partial charge in [-0.15, -0.1) is 0 Å². The third-order valence-electron chi connectivity index (χ3n) is 4.53. The van der Waals surface area contributed by atoms with E-state index in [1.807, 2.05) is 18.2 Å². The monoisotopic (exact) mass is 339 g/mol. The largest absolute Gasteiger partial charge is 0.486 e. The zero-order valence-electron chi connectivity index (χ0n) is 13.5. The third-order valence-corrected chi connectivity index (χ3v) is 4.53. The second kappa shape index (κ2) is 6.12. The van der Waals surface area contributed by atoms with Gasteiger partial charge in [0.05, 0.1) is 6.42 Å². The van der Waals surface area contributed by atoms with Gasteiger partial charge in [-0.2, -0.15) is 0 Å². The summed E-state index contributed by atoms with van der Waals surface area (Å²) in [6.07, 6.45) is 0.178. The van der Waals surface area contributed by atoms with Gasteiger partial charge in [0.1, 0.15) is 19.1 Å². The summed E-state index contributed by atoms with van der Waals surface area (Å²) in [5, 5.41) is 9.41. The minimum absolute atomic E-state index is 0.132. The highest BCUT2D eigenvalue weighted by atomic mass is 16.6. The van der Waals surface area contributed by atoms with Crippen LogP contribution < -0.4 is 14.4 Å². The van der Waals surface area contributed by atoms with Gasteiger partial charge in [-0.1, -0.05) is 24.3 Å². The van der Waals surface area contributed by atoms with E-state index in [-0.39, 0.29) is 18.9 Å². The molecule has 0 radical (unpaired) electrons. The second-order valence-corrected chi connectivity index (χ2v) is 6.11. The molecule has 0 fully saturated rings. The van der Waals surface area contributed by atoms with Crippen LogP contribution in [-0.2, 0) is 16.0 Å². The minimum Gasteiger partial charge on any atom is -0.486 e. The van der Waals surface area contributed by atoms with Crippen LogP contribution in [0, 0.1) is 0 Å². The molecule has 0 saturated carbocycles. The maximum Gasteiger partial charge on any atom is 0.312 e. The quantitative estimate of drug-likeness (QED) is 0.928. The number of amides is 1. The Morgan fingerprint density at radius 1 is 1.08 bits per heavy atom. The Morgan fingerprint density at radius 3 is 2.64 bits per heavy atom. The number of ether oxygens (including phenoxy) is 2. The van der Waals surface area contributed by atoms with Gasteiger partial charge in [0.15, 0.2) is 11.5 Å². The molecule has 0 saturated heterocycles. The standard InChI is InChI=1S/C19H17NO5/c21-18(10-12-5-6-16-17(9-12)25-8-7-24-16)20-11-14(19(22)23)13-3-1-2-4-15(13)20/h1-6,9,14H,7-8,10-11H2,(H,22,23). The molecule has 0 aliphatic carbocycles. The molecule has 1 atom stereocenters. The first-order valence-electron chi connectivity index (χ1n) is 8.14. The Labute approximate surface area is 144 Å². The number of para-hydroxylation sites is 1. The van der Waals surface area contributed by atoms with E-state index in [9.17, 15) is 14.7 Å². The summed E-state index contributed by atoms with van der Waals surface area (Å²) >= 11 is 0. The van der Waals surface area contributed by atoms with Gasteiger partial charge < -0.3 is 19.5 Å². The van der Waals surface area contributed by atoms with Crippen molar-refractivity contribution in [1.82, 2.24) is 0 Å². The molecule has 1 amide bonds. The number of benzene rings is 2. The van der Waals surface area contributed by atoms with Crippen LogP contribution >= 0.6 is 0 Å². The Balaban J connectivity index is 1.57. The van der Waals surface area contributed by atoms with E-state index in [4.69, 9.17) is 9.47 Å². The van der Waals surface area contributed by atoms with E-state index >= 15 is 0 Å². The summed E-state index contributed by atoms with van der Waals surface area (Å²) in [6, 6.07) is 12.6. The molecule has 2 aliphatic rings. The van der Waals surface area contributed by atoms with E-state index in [1.165, 1.54) is 0 Å². The van der Waals surface area contributed by atoms with Crippen molar-refractivity contribution in [2.24, 2.45) is 0 Å². The third kappa shape index (κ3) is 2.80. The summed E-state index contributed by atoms with van der Waals surface area (Å²) in [6.45, 7) is 1.18. The molecule has 25 heavy (non-hydrogen) atoms. The highest BCUT2D eigenvalue weighted by Crippen LogP contribution is 2.37. The van der Waals surface area contributed by atoms with Crippen molar-refractivity contribution in [3.63, 3.8) is 0 Å². The topological polar surface area (TPSA) is 76.1 Å². The molecule has 4 rings (SSSR count).